The van der Waals surface area contributed by atoms with Crippen LogP contribution in [0.2, 0.25) is 0 Å². The molecule has 1 amide bonds. The Labute approximate surface area is 252 Å². The molecule has 220 valence electrons. The Balaban J connectivity index is 1.04. The van der Waals surface area contributed by atoms with E-state index in [-0.39, 0.29) is 36.0 Å². The average Bonchev–Trinajstić information content (AvgIpc) is 3.69. The predicted octanol–water partition coefficient (Wildman–Crippen LogP) is 2.29. The lowest BCUT2D eigenvalue weighted by molar-refractivity contribution is 0.0953. The highest BCUT2D eigenvalue weighted by Gasteiger charge is 2.41. The normalized spacial score (nSPS) is 17.6. The summed E-state index contributed by atoms with van der Waals surface area (Å²) in [6.45, 7) is 1.80. The van der Waals surface area contributed by atoms with E-state index >= 15 is 0 Å². The minimum atomic E-state index is -0.331. The van der Waals surface area contributed by atoms with Crippen LogP contribution in [0, 0.1) is 11.8 Å². The van der Waals surface area contributed by atoms with Crippen molar-refractivity contribution in [2.75, 3.05) is 35.2 Å². The third-order valence-electron chi connectivity index (χ3n) is 8.04. The van der Waals surface area contributed by atoms with E-state index in [0.717, 1.165) is 43.9 Å². The number of fused-ring (bicyclic) bond motifs is 2. The van der Waals surface area contributed by atoms with Gasteiger partial charge in [0.15, 0.2) is 17.2 Å². The Morgan fingerprint density at radius 3 is 2.80 bits per heavy atom. The molecule has 2 atom stereocenters. The molecule has 4 aromatic heterocycles. The minimum absolute atomic E-state index is 0.126. The van der Waals surface area contributed by atoms with E-state index in [1.807, 2.05) is 24.3 Å². The smallest absolute Gasteiger partial charge is 0.272 e. The molecule has 6 heterocycles. The molecular formula is C31H29N11O2. The van der Waals surface area contributed by atoms with E-state index in [4.69, 9.17) is 10.7 Å². The third kappa shape index (κ3) is 5.17. The lowest BCUT2D eigenvalue weighted by Crippen LogP contribution is -2.50. The zero-order chi connectivity index (χ0) is 30.0. The van der Waals surface area contributed by atoms with Crippen LogP contribution < -0.4 is 20.9 Å². The Kier molecular flexibility index (Phi) is 7.07. The van der Waals surface area contributed by atoms with Crippen molar-refractivity contribution in [2.24, 2.45) is 0 Å². The van der Waals surface area contributed by atoms with Gasteiger partial charge < -0.3 is 26.0 Å². The van der Waals surface area contributed by atoms with Gasteiger partial charge in [-0.05, 0) is 55.5 Å². The largest absolute Gasteiger partial charge is 0.507 e. The van der Waals surface area contributed by atoms with Gasteiger partial charge >= 0.3 is 0 Å². The molecule has 0 saturated carbocycles. The first-order valence-electron chi connectivity index (χ1n) is 14.4. The Morgan fingerprint density at radius 1 is 1.02 bits per heavy atom. The molecule has 13 heteroatoms. The average molecular weight is 588 g/mol. The Hall–Kier alpha value is -5.77. The van der Waals surface area contributed by atoms with Crippen LogP contribution in [0.25, 0.3) is 16.9 Å². The van der Waals surface area contributed by atoms with Crippen LogP contribution >= 0.6 is 0 Å². The highest BCUT2D eigenvalue weighted by atomic mass is 16.3. The molecule has 2 fully saturated rings. The van der Waals surface area contributed by atoms with Crippen LogP contribution in [0.3, 0.4) is 0 Å². The first-order chi connectivity index (χ1) is 21.5. The number of nitrogens with two attached hydrogens (primary N) is 1. The van der Waals surface area contributed by atoms with Gasteiger partial charge in [0.05, 0.1) is 30.0 Å². The topological polar surface area (TPSA) is 164 Å². The molecule has 0 bridgehead atoms. The van der Waals surface area contributed by atoms with Crippen molar-refractivity contribution in [1.82, 2.24) is 40.1 Å². The monoisotopic (exact) mass is 587 g/mol. The van der Waals surface area contributed by atoms with Crippen LogP contribution in [-0.4, -0.2) is 77.5 Å². The number of carbonyl (C=O) groups excluding carboxylic acids is 1. The Morgan fingerprint density at radius 2 is 1.91 bits per heavy atom. The van der Waals surface area contributed by atoms with Crippen molar-refractivity contribution in [3.8, 4) is 28.8 Å². The van der Waals surface area contributed by atoms with Crippen LogP contribution in [0.15, 0.2) is 67.1 Å². The van der Waals surface area contributed by atoms with Gasteiger partial charge in [-0.3, -0.25) is 4.79 Å². The van der Waals surface area contributed by atoms with Gasteiger partial charge in [0.25, 0.3) is 5.91 Å². The standard InChI is InChI=1S/C31H29N11O2/c32-30-25(18-21(37-38-30)20-6-1-2-8-26(20)43)40-15-4-7-23-24(40)11-17-41(23)28-10-14-33-27(36-28)9-3-12-35-31(44)22-19-29-34-13-5-16-42(29)39-22/h1-2,5-6,8,10,13-14,16,18-19,23-24,43H,4,7,11-12,15,17H2,(H2,32,38)(H,35,44)/t23-,24-/m0/s1. The summed E-state index contributed by atoms with van der Waals surface area (Å²) in [5.41, 5.74) is 9.24. The number of rotatable bonds is 5. The maximum Gasteiger partial charge on any atom is 0.272 e. The first-order valence-corrected chi connectivity index (χ1v) is 14.4. The van der Waals surface area contributed by atoms with E-state index in [1.54, 1.807) is 47.4 Å². The SMILES string of the molecule is Nc1nnc(-c2ccccc2O)cc1N1CCC[C@H]2[C@@H]1CCN2c1ccnc(C#CCNC(=O)c2cc3ncccn3n2)n1. The molecule has 0 spiro atoms. The molecule has 5 aromatic rings. The highest BCUT2D eigenvalue weighted by molar-refractivity contribution is 5.93. The van der Waals surface area contributed by atoms with Crippen LogP contribution in [0.5, 0.6) is 5.75 Å². The van der Waals surface area contributed by atoms with E-state index < -0.39 is 0 Å². The van der Waals surface area contributed by atoms with Crippen molar-refractivity contribution in [2.45, 2.75) is 31.3 Å². The number of phenols is 1. The molecular weight excluding hydrogens is 558 g/mol. The summed E-state index contributed by atoms with van der Waals surface area (Å²) in [7, 11) is 0. The van der Waals surface area contributed by atoms with E-state index in [2.05, 4.69) is 52.2 Å². The lowest BCUT2D eigenvalue weighted by Gasteiger charge is -2.41. The van der Waals surface area contributed by atoms with Crippen molar-refractivity contribution >= 4 is 28.9 Å². The first kappa shape index (κ1) is 27.1. The molecule has 13 nitrogen and oxygen atoms in total. The second-order valence-electron chi connectivity index (χ2n) is 10.6. The number of nitrogen functional groups attached to an aromatic ring is 1. The van der Waals surface area contributed by atoms with E-state index in [1.165, 1.54) is 0 Å². The van der Waals surface area contributed by atoms with Gasteiger partial charge in [0.1, 0.15) is 11.6 Å². The van der Waals surface area contributed by atoms with Crippen LogP contribution in [-0.2, 0) is 0 Å². The fourth-order valence-corrected chi connectivity index (χ4v) is 6.06. The second kappa shape index (κ2) is 11.5. The summed E-state index contributed by atoms with van der Waals surface area (Å²) in [6.07, 6.45) is 8.01. The molecule has 0 radical (unpaired) electrons. The number of carbonyl (C=O) groups is 1. The van der Waals surface area contributed by atoms with E-state index in [9.17, 15) is 9.90 Å². The quantitative estimate of drug-likeness (QED) is 0.259. The van der Waals surface area contributed by atoms with Gasteiger partial charge in [-0.25, -0.2) is 19.5 Å². The van der Waals surface area contributed by atoms with Gasteiger partial charge in [-0.15, -0.1) is 10.2 Å². The number of amides is 1. The predicted molar refractivity (Wildman–Crippen MR) is 164 cm³/mol. The molecule has 1 aromatic carbocycles. The molecule has 2 aliphatic rings. The maximum atomic E-state index is 12.5. The van der Waals surface area contributed by atoms with Crippen molar-refractivity contribution in [3.63, 3.8) is 0 Å². The number of nitrogens with zero attached hydrogens (tertiary/aromatic N) is 9. The molecule has 7 rings (SSSR count). The van der Waals surface area contributed by atoms with Crippen LogP contribution in [0.1, 0.15) is 35.6 Å². The number of nitrogens with one attached hydrogen (secondary N) is 1. The summed E-state index contributed by atoms with van der Waals surface area (Å²) in [6, 6.07) is 14.7. The number of anilines is 3. The summed E-state index contributed by atoms with van der Waals surface area (Å²) in [5.74, 6) is 7.30. The Bertz CT molecular complexity index is 1880. The maximum absolute atomic E-state index is 12.5. The number of aromatic hydroxyl groups is 1. The van der Waals surface area contributed by atoms with Gasteiger partial charge in [-0.1, -0.05) is 18.1 Å². The number of phenolic OH excluding ortho intramolecular Hbond substituents is 1. The number of benzene rings is 1. The van der Waals surface area contributed by atoms with Crippen molar-refractivity contribution in [3.05, 3.63) is 78.6 Å². The molecule has 2 aliphatic heterocycles. The minimum Gasteiger partial charge on any atom is -0.507 e. The number of hydrogen-bond acceptors (Lipinski definition) is 11. The van der Waals surface area contributed by atoms with Crippen molar-refractivity contribution < 1.29 is 9.90 Å². The summed E-state index contributed by atoms with van der Waals surface area (Å²) in [4.78, 5) is 30.4. The number of hydrogen-bond donors (Lipinski definition) is 3. The number of aromatic nitrogens is 7. The lowest BCUT2D eigenvalue weighted by atomic mass is 9.96. The fraction of sp³-hybridized carbons (Fsp3) is 0.258. The third-order valence-corrected chi connectivity index (χ3v) is 8.04. The number of piperidine rings is 1. The molecule has 0 aliphatic carbocycles. The van der Waals surface area contributed by atoms with Crippen LogP contribution in [0.4, 0.5) is 17.3 Å². The zero-order valence-corrected chi connectivity index (χ0v) is 23.7. The van der Waals surface area contributed by atoms with Crippen molar-refractivity contribution in [1.29, 1.82) is 0 Å². The fourth-order valence-electron chi connectivity index (χ4n) is 6.06. The molecule has 0 unspecified atom stereocenters. The molecule has 4 N–H and O–H groups in total. The van der Waals surface area contributed by atoms with E-state index in [0.29, 0.717) is 28.5 Å². The number of para-hydroxylation sites is 1. The summed E-state index contributed by atoms with van der Waals surface area (Å²) >= 11 is 0. The zero-order valence-electron chi connectivity index (χ0n) is 23.7. The molecule has 2 saturated heterocycles. The van der Waals surface area contributed by atoms with Gasteiger partial charge in [0.2, 0.25) is 5.82 Å². The summed E-state index contributed by atoms with van der Waals surface area (Å²) in [5, 5.41) is 25.8. The van der Waals surface area contributed by atoms with Gasteiger partial charge in [0, 0.05) is 43.3 Å². The second-order valence-corrected chi connectivity index (χ2v) is 10.6. The summed E-state index contributed by atoms with van der Waals surface area (Å²) < 4.78 is 1.55. The van der Waals surface area contributed by atoms with Gasteiger partial charge in [-0.2, -0.15) is 5.10 Å². The molecule has 44 heavy (non-hydrogen) atoms. The highest BCUT2D eigenvalue weighted by Crippen LogP contribution is 2.39.